The second-order valence-electron chi connectivity index (χ2n) is 5.22. The molecular weight excluding hydrogens is 276 g/mol. The molecule has 0 aromatic heterocycles. The van der Waals surface area contributed by atoms with Crippen LogP contribution in [0.4, 0.5) is 11.4 Å². The zero-order chi connectivity index (χ0) is 15.8. The van der Waals surface area contributed by atoms with Crippen LogP contribution in [0.2, 0.25) is 0 Å². The maximum Gasteiger partial charge on any atom is 0.142 e. The molecule has 0 atom stereocenters. The third-order valence-electron chi connectivity index (χ3n) is 3.11. The molecule has 0 aliphatic rings. The van der Waals surface area contributed by atoms with E-state index in [4.69, 9.17) is 9.47 Å². The largest absolute Gasteiger partial charge is 0.495 e. The monoisotopic (exact) mass is 300 g/mol. The normalized spacial score (nSPS) is 10.4. The molecule has 4 nitrogen and oxygen atoms in total. The van der Waals surface area contributed by atoms with Gasteiger partial charge in [0.2, 0.25) is 0 Å². The van der Waals surface area contributed by atoms with E-state index in [1.165, 1.54) is 0 Å². The quantitative estimate of drug-likeness (QED) is 0.723. The fraction of sp³-hybridized carbons (Fsp3) is 0.333. The lowest BCUT2D eigenvalue weighted by Gasteiger charge is -2.16. The van der Waals surface area contributed by atoms with Gasteiger partial charge in [-0.25, -0.2) is 0 Å². The summed E-state index contributed by atoms with van der Waals surface area (Å²) < 4.78 is 11.1. The summed E-state index contributed by atoms with van der Waals surface area (Å²) in [4.78, 5) is 0. The van der Waals surface area contributed by atoms with Crippen molar-refractivity contribution in [1.29, 1.82) is 0 Å². The predicted octanol–water partition coefficient (Wildman–Crippen LogP) is 4.01. The third-order valence-corrected chi connectivity index (χ3v) is 3.11. The SMILES string of the molecule is COc1ccccc1NCCNc1ccccc1OC(C)C. The molecule has 2 N–H and O–H groups in total. The van der Waals surface area contributed by atoms with Crippen LogP contribution in [0.5, 0.6) is 11.5 Å². The summed E-state index contributed by atoms with van der Waals surface area (Å²) in [6.45, 7) is 5.63. The molecule has 0 spiro atoms. The van der Waals surface area contributed by atoms with Gasteiger partial charge < -0.3 is 20.1 Å². The number of methoxy groups -OCH3 is 1. The van der Waals surface area contributed by atoms with Crippen LogP contribution in [0.3, 0.4) is 0 Å². The van der Waals surface area contributed by atoms with E-state index < -0.39 is 0 Å². The maximum atomic E-state index is 5.79. The number of anilines is 2. The molecule has 118 valence electrons. The van der Waals surface area contributed by atoms with Gasteiger partial charge in [-0.1, -0.05) is 24.3 Å². The van der Waals surface area contributed by atoms with E-state index in [1.807, 2.05) is 62.4 Å². The summed E-state index contributed by atoms with van der Waals surface area (Å²) in [5.41, 5.74) is 2.01. The van der Waals surface area contributed by atoms with Crippen LogP contribution < -0.4 is 20.1 Å². The molecule has 4 heteroatoms. The highest BCUT2D eigenvalue weighted by molar-refractivity contribution is 5.58. The van der Waals surface area contributed by atoms with Crippen molar-refractivity contribution >= 4 is 11.4 Å². The second-order valence-corrected chi connectivity index (χ2v) is 5.22. The zero-order valence-electron chi connectivity index (χ0n) is 13.4. The molecule has 0 radical (unpaired) electrons. The van der Waals surface area contributed by atoms with Crippen molar-refractivity contribution in [3.05, 3.63) is 48.5 Å². The summed E-state index contributed by atoms with van der Waals surface area (Å²) in [6, 6.07) is 15.9. The number of benzene rings is 2. The number of nitrogens with one attached hydrogen (secondary N) is 2. The Bertz CT molecular complexity index is 585. The molecule has 0 aliphatic carbocycles. The van der Waals surface area contributed by atoms with Crippen LogP contribution in [0, 0.1) is 0 Å². The molecule has 0 bridgehead atoms. The maximum absolute atomic E-state index is 5.79. The first-order valence-corrected chi connectivity index (χ1v) is 7.57. The minimum Gasteiger partial charge on any atom is -0.495 e. The Kier molecular flexibility index (Phi) is 5.95. The standard InChI is InChI=1S/C18H24N2O2/c1-14(2)22-18-11-7-5-9-16(18)20-13-12-19-15-8-4-6-10-17(15)21-3/h4-11,14,19-20H,12-13H2,1-3H3. The van der Waals surface area contributed by atoms with Crippen molar-refractivity contribution in [2.45, 2.75) is 20.0 Å². The molecular formula is C18H24N2O2. The molecule has 2 aromatic carbocycles. The Balaban J connectivity index is 1.86. The minimum absolute atomic E-state index is 0.162. The first-order valence-electron chi connectivity index (χ1n) is 7.57. The van der Waals surface area contributed by atoms with E-state index in [0.29, 0.717) is 0 Å². The summed E-state index contributed by atoms with van der Waals surface area (Å²) in [5.74, 6) is 1.74. The van der Waals surface area contributed by atoms with E-state index in [9.17, 15) is 0 Å². The van der Waals surface area contributed by atoms with E-state index in [-0.39, 0.29) is 6.10 Å². The van der Waals surface area contributed by atoms with Gasteiger partial charge in [0.1, 0.15) is 11.5 Å². The average molecular weight is 300 g/mol. The van der Waals surface area contributed by atoms with Gasteiger partial charge in [-0.3, -0.25) is 0 Å². The van der Waals surface area contributed by atoms with Gasteiger partial charge in [-0.15, -0.1) is 0 Å². The fourth-order valence-corrected chi connectivity index (χ4v) is 2.15. The average Bonchev–Trinajstić information content (AvgIpc) is 2.53. The van der Waals surface area contributed by atoms with E-state index >= 15 is 0 Å². The van der Waals surface area contributed by atoms with Gasteiger partial charge in [0, 0.05) is 13.1 Å². The van der Waals surface area contributed by atoms with Crippen molar-refractivity contribution < 1.29 is 9.47 Å². The molecule has 0 saturated carbocycles. The Hall–Kier alpha value is -2.36. The Morgan fingerprint density at radius 2 is 1.32 bits per heavy atom. The van der Waals surface area contributed by atoms with Crippen LogP contribution in [-0.2, 0) is 0 Å². The van der Waals surface area contributed by atoms with Crippen molar-refractivity contribution in [1.82, 2.24) is 0 Å². The van der Waals surface area contributed by atoms with E-state index in [0.717, 1.165) is 36.0 Å². The lowest BCUT2D eigenvalue weighted by Crippen LogP contribution is -2.15. The Labute approximate surface area is 132 Å². The van der Waals surface area contributed by atoms with Crippen LogP contribution >= 0.6 is 0 Å². The molecule has 0 heterocycles. The molecule has 0 fully saturated rings. The molecule has 0 saturated heterocycles. The van der Waals surface area contributed by atoms with Crippen LogP contribution in [0.1, 0.15) is 13.8 Å². The number of rotatable bonds is 8. The number of hydrogen-bond donors (Lipinski definition) is 2. The first kappa shape index (κ1) is 16.0. The fourth-order valence-electron chi connectivity index (χ4n) is 2.15. The molecule has 2 rings (SSSR count). The zero-order valence-corrected chi connectivity index (χ0v) is 13.4. The lowest BCUT2D eigenvalue weighted by atomic mass is 10.2. The van der Waals surface area contributed by atoms with Gasteiger partial charge in [0.15, 0.2) is 0 Å². The molecule has 22 heavy (non-hydrogen) atoms. The third kappa shape index (κ3) is 4.58. The Morgan fingerprint density at radius 1 is 0.818 bits per heavy atom. The Morgan fingerprint density at radius 3 is 1.86 bits per heavy atom. The summed E-state index contributed by atoms with van der Waals surface area (Å²) in [5, 5.41) is 6.76. The topological polar surface area (TPSA) is 42.5 Å². The number of hydrogen-bond acceptors (Lipinski definition) is 4. The molecule has 0 aliphatic heterocycles. The molecule has 0 unspecified atom stereocenters. The summed E-state index contributed by atoms with van der Waals surface area (Å²) in [6.07, 6.45) is 0.162. The first-order chi connectivity index (χ1) is 10.7. The highest BCUT2D eigenvalue weighted by Gasteiger charge is 2.04. The van der Waals surface area contributed by atoms with Crippen molar-refractivity contribution in [3.8, 4) is 11.5 Å². The molecule has 0 amide bonds. The summed E-state index contributed by atoms with van der Waals surface area (Å²) in [7, 11) is 1.68. The number of para-hydroxylation sites is 4. The molecule has 2 aromatic rings. The lowest BCUT2D eigenvalue weighted by molar-refractivity contribution is 0.243. The minimum atomic E-state index is 0.162. The second kappa shape index (κ2) is 8.17. The van der Waals surface area contributed by atoms with Crippen LogP contribution in [-0.4, -0.2) is 26.3 Å². The van der Waals surface area contributed by atoms with Crippen molar-refractivity contribution in [2.75, 3.05) is 30.8 Å². The van der Waals surface area contributed by atoms with E-state index in [1.54, 1.807) is 7.11 Å². The van der Waals surface area contributed by atoms with Gasteiger partial charge in [0.25, 0.3) is 0 Å². The van der Waals surface area contributed by atoms with Gasteiger partial charge in [-0.2, -0.15) is 0 Å². The summed E-state index contributed by atoms with van der Waals surface area (Å²) >= 11 is 0. The smallest absolute Gasteiger partial charge is 0.142 e. The predicted molar refractivity (Wildman–Crippen MR) is 92.2 cm³/mol. The van der Waals surface area contributed by atoms with Crippen molar-refractivity contribution in [2.24, 2.45) is 0 Å². The van der Waals surface area contributed by atoms with E-state index in [2.05, 4.69) is 10.6 Å². The number of ether oxygens (including phenoxy) is 2. The van der Waals surface area contributed by atoms with Crippen molar-refractivity contribution in [3.63, 3.8) is 0 Å². The van der Waals surface area contributed by atoms with Gasteiger partial charge in [0.05, 0.1) is 24.6 Å². The van der Waals surface area contributed by atoms with Gasteiger partial charge in [-0.05, 0) is 38.1 Å². The van der Waals surface area contributed by atoms with Crippen LogP contribution in [0.25, 0.3) is 0 Å². The highest BCUT2D eigenvalue weighted by atomic mass is 16.5. The van der Waals surface area contributed by atoms with Crippen LogP contribution in [0.15, 0.2) is 48.5 Å². The highest BCUT2D eigenvalue weighted by Crippen LogP contribution is 2.25. The van der Waals surface area contributed by atoms with Gasteiger partial charge >= 0.3 is 0 Å².